The summed E-state index contributed by atoms with van der Waals surface area (Å²) in [7, 11) is 0. The third-order valence-corrected chi connectivity index (χ3v) is 5.12. The van der Waals surface area contributed by atoms with Crippen LogP contribution in [0.15, 0.2) is 24.3 Å². The second-order valence-electron chi connectivity index (χ2n) is 7.33. The number of esters is 1. The van der Waals surface area contributed by atoms with Crippen LogP contribution in [-0.2, 0) is 17.5 Å². The van der Waals surface area contributed by atoms with E-state index in [-0.39, 0.29) is 18.8 Å². The highest BCUT2D eigenvalue weighted by Gasteiger charge is 2.31. The average Bonchev–Trinajstić information content (AvgIpc) is 3.30. The lowest BCUT2D eigenvalue weighted by Gasteiger charge is -2.17. The van der Waals surface area contributed by atoms with E-state index in [0.29, 0.717) is 29.5 Å². The summed E-state index contributed by atoms with van der Waals surface area (Å²) in [5.74, 6) is 0.292. The number of ether oxygens (including phenoxy) is 2. The van der Waals surface area contributed by atoms with E-state index in [9.17, 15) is 18.0 Å². The van der Waals surface area contributed by atoms with Gasteiger partial charge in [0.25, 0.3) is 0 Å². The molecule has 0 bridgehead atoms. The second kappa shape index (κ2) is 8.88. The van der Waals surface area contributed by atoms with Crippen LogP contribution < -0.4 is 4.74 Å². The number of benzene rings is 1. The maximum absolute atomic E-state index is 13.2. The summed E-state index contributed by atoms with van der Waals surface area (Å²) >= 11 is 0. The minimum absolute atomic E-state index is 0.0646. The predicted octanol–water partition coefficient (Wildman–Crippen LogP) is 5.00. The molecule has 0 radical (unpaired) electrons. The number of halogens is 3. The molecule has 0 saturated heterocycles. The first kappa shape index (κ1) is 21.2. The number of nitrogens with zero attached hydrogens (tertiary/aromatic N) is 2. The Morgan fingerprint density at radius 2 is 1.97 bits per heavy atom. The van der Waals surface area contributed by atoms with Crippen LogP contribution in [-0.4, -0.2) is 29.0 Å². The van der Waals surface area contributed by atoms with E-state index in [4.69, 9.17) is 9.47 Å². The standard InChI is InChI=1S/C21H25F3N2O3/c1-3-28-20(27)18-10-14(2)26(25-18)12-16-11-17(21(22,23)24)8-9-19(16)29-13-15-6-4-5-7-15/h8-11,15H,3-7,12-13H2,1-2H3. The van der Waals surface area contributed by atoms with Gasteiger partial charge in [0.2, 0.25) is 0 Å². The van der Waals surface area contributed by atoms with E-state index in [1.165, 1.54) is 10.7 Å². The zero-order valence-corrected chi connectivity index (χ0v) is 16.6. The number of rotatable bonds is 7. The number of alkyl halides is 3. The Morgan fingerprint density at radius 3 is 2.62 bits per heavy atom. The summed E-state index contributed by atoms with van der Waals surface area (Å²) in [5, 5.41) is 4.20. The molecule has 1 heterocycles. The van der Waals surface area contributed by atoms with E-state index in [1.54, 1.807) is 19.9 Å². The quantitative estimate of drug-likeness (QED) is 0.603. The number of aryl methyl sites for hydroxylation is 1. The van der Waals surface area contributed by atoms with Gasteiger partial charge in [-0.1, -0.05) is 12.8 Å². The molecule has 1 aliphatic rings. The number of hydrogen-bond acceptors (Lipinski definition) is 4. The van der Waals surface area contributed by atoms with E-state index in [1.807, 2.05) is 0 Å². The molecule has 3 rings (SSSR count). The van der Waals surface area contributed by atoms with Crippen molar-refractivity contribution >= 4 is 5.97 Å². The topological polar surface area (TPSA) is 53.4 Å². The van der Waals surface area contributed by atoms with Crippen LogP contribution in [0.3, 0.4) is 0 Å². The van der Waals surface area contributed by atoms with E-state index >= 15 is 0 Å². The molecular formula is C21H25F3N2O3. The molecule has 1 aromatic heterocycles. The lowest BCUT2D eigenvalue weighted by molar-refractivity contribution is -0.137. The maximum Gasteiger partial charge on any atom is 0.416 e. The van der Waals surface area contributed by atoms with Crippen molar-refractivity contribution in [3.8, 4) is 5.75 Å². The Morgan fingerprint density at radius 1 is 1.24 bits per heavy atom. The van der Waals surface area contributed by atoms with Crippen molar-refractivity contribution in [3.05, 3.63) is 46.8 Å². The molecule has 29 heavy (non-hydrogen) atoms. The largest absolute Gasteiger partial charge is 0.493 e. The fraction of sp³-hybridized carbons (Fsp3) is 0.524. The minimum Gasteiger partial charge on any atom is -0.493 e. The molecule has 1 aromatic carbocycles. The summed E-state index contributed by atoms with van der Waals surface area (Å²) in [5.41, 5.74) is 0.410. The van der Waals surface area contributed by atoms with Crippen molar-refractivity contribution in [2.24, 2.45) is 5.92 Å². The summed E-state index contributed by atoms with van der Waals surface area (Å²) < 4.78 is 52.0. The number of hydrogen-bond donors (Lipinski definition) is 0. The van der Waals surface area contributed by atoms with Gasteiger partial charge in [-0.3, -0.25) is 4.68 Å². The van der Waals surface area contributed by atoms with Gasteiger partial charge >= 0.3 is 12.1 Å². The molecule has 1 saturated carbocycles. The van der Waals surface area contributed by atoms with Crippen LogP contribution in [0.2, 0.25) is 0 Å². The first-order valence-electron chi connectivity index (χ1n) is 9.82. The SMILES string of the molecule is CCOC(=O)c1cc(C)n(Cc2cc(C(F)(F)F)ccc2OCC2CCCC2)n1. The highest BCUT2D eigenvalue weighted by atomic mass is 19.4. The van der Waals surface area contributed by atoms with Crippen molar-refractivity contribution in [2.75, 3.05) is 13.2 Å². The number of carbonyl (C=O) groups is 1. The molecule has 0 unspecified atom stereocenters. The molecule has 1 fully saturated rings. The zero-order valence-electron chi connectivity index (χ0n) is 16.6. The summed E-state index contributed by atoms with van der Waals surface area (Å²) in [4.78, 5) is 11.9. The van der Waals surface area contributed by atoms with Gasteiger partial charge in [0, 0.05) is 11.3 Å². The molecule has 158 valence electrons. The first-order chi connectivity index (χ1) is 13.8. The Kier molecular flexibility index (Phi) is 6.49. The zero-order chi connectivity index (χ0) is 21.0. The molecule has 0 atom stereocenters. The van der Waals surface area contributed by atoms with Crippen molar-refractivity contribution in [1.29, 1.82) is 0 Å². The van der Waals surface area contributed by atoms with Gasteiger partial charge in [-0.25, -0.2) is 4.79 Å². The van der Waals surface area contributed by atoms with Crippen LogP contribution in [0, 0.1) is 12.8 Å². The second-order valence-corrected chi connectivity index (χ2v) is 7.33. The first-order valence-corrected chi connectivity index (χ1v) is 9.82. The van der Waals surface area contributed by atoms with Crippen molar-refractivity contribution in [3.63, 3.8) is 0 Å². The molecular weight excluding hydrogens is 385 g/mol. The van der Waals surface area contributed by atoms with Gasteiger partial charge in [-0.05, 0) is 56.9 Å². The summed E-state index contributed by atoms with van der Waals surface area (Å²) in [6, 6.07) is 5.06. The van der Waals surface area contributed by atoms with E-state index < -0.39 is 17.7 Å². The fourth-order valence-corrected chi connectivity index (χ4v) is 3.54. The maximum atomic E-state index is 13.2. The van der Waals surface area contributed by atoms with Crippen molar-refractivity contribution in [1.82, 2.24) is 9.78 Å². The molecule has 8 heteroatoms. The Bertz CT molecular complexity index is 855. The molecule has 0 aliphatic heterocycles. The van der Waals surface area contributed by atoms with Crippen molar-refractivity contribution < 1.29 is 27.4 Å². The van der Waals surface area contributed by atoms with Crippen LogP contribution >= 0.6 is 0 Å². The van der Waals surface area contributed by atoms with Crippen LogP contribution in [0.5, 0.6) is 5.75 Å². The predicted molar refractivity (Wildman–Crippen MR) is 101 cm³/mol. The summed E-state index contributed by atoms with van der Waals surface area (Å²) in [6.45, 7) is 4.21. The Labute approximate surface area is 167 Å². The smallest absolute Gasteiger partial charge is 0.416 e. The van der Waals surface area contributed by atoms with Gasteiger partial charge < -0.3 is 9.47 Å². The normalized spacial score (nSPS) is 14.9. The van der Waals surface area contributed by atoms with E-state index in [0.717, 1.165) is 37.8 Å². The minimum atomic E-state index is -4.45. The van der Waals surface area contributed by atoms with Crippen LogP contribution in [0.1, 0.15) is 59.9 Å². The van der Waals surface area contributed by atoms with E-state index in [2.05, 4.69) is 5.10 Å². The molecule has 0 amide bonds. The lowest BCUT2D eigenvalue weighted by Crippen LogP contribution is -2.13. The highest BCUT2D eigenvalue weighted by molar-refractivity contribution is 5.87. The fourth-order valence-electron chi connectivity index (χ4n) is 3.54. The third-order valence-electron chi connectivity index (χ3n) is 5.12. The van der Waals surface area contributed by atoms with Gasteiger partial charge in [0.05, 0.1) is 25.3 Å². The molecule has 5 nitrogen and oxygen atoms in total. The monoisotopic (exact) mass is 410 g/mol. The van der Waals surface area contributed by atoms with Gasteiger partial charge in [0.15, 0.2) is 5.69 Å². The molecule has 2 aromatic rings. The Balaban J connectivity index is 1.85. The Hall–Kier alpha value is -2.51. The molecule has 0 N–H and O–H groups in total. The van der Waals surface area contributed by atoms with Crippen molar-refractivity contribution in [2.45, 2.75) is 52.3 Å². The summed E-state index contributed by atoms with van der Waals surface area (Å²) in [6.07, 6.45) is 0.0380. The van der Waals surface area contributed by atoms with Gasteiger partial charge in [-0.2, -0.15) is 18.3 Å². The molecule has 1 aliphatic carbocycles. The average molecular weight is 410 g/mol. The van der Waals surface area contributed by atoms with Gasteiger partial charge in [-0.15, -0.1) is 0 Å². The number of aromatic nitrogens is 2. The number of carbonyl (C=O) groups excluding carboxylic acids is 1. The van der Waals surface area contributed by atoms with Gasteiger partial charge in [0.1, 0.15) is 5.75 Å². The lowest BCUT2D eigenvalue weighted by atomic mass is 10.1. The third kappa shape index (κ3) is 5.31. The highest BCUT2D eigenvalue weighted by Crippen LogP contribution is 2.34. The van der Waals surface area contributed by atoms with Crippen LogP contribution in [0.4, 0.5) is 13.2 Å². The van der Waals surface area contributed by atoms with Crippen LogP contribution in [0.25, 0.3) is 0 Å². The molecule has 0 spiro atoms.